The Balaban J connectivity index is 1.49. The van der Waals surface area contributed by atoms with Crippen molar-refractivity contribution in [2.24, 2.45) is 0 Å². The molecule has 0 bridgehead atoms. The van der Waals surface area contributed by atoms with E-state index < -0.39 is 0 Å². The highest BCUT2D eigenvalue weighted by Crippen LogP contribution is 2.23. The van der Waals surface area contributed by atoms with Crippen molar-refractivity contribution in [1.82, 2.24) is 9.88 Å². The lowest BCUT2D eigenvalue weighted by atomic mass is 10.2. The van der Waals surface area contributed by atoms with Gasteiger partial charge in [0.25, 0.3) is 0 Å². The number of rotatable bonds is 6. The van der Waals surface area contributed by atoms with Gasteiger partial charge < -0.3 is 19.3 Å². The summed E-state index contributed by atoms with van der Waals surface area (Å²) in [6, 6.07) is 11.8. The van der Waals surface area contributed by atoms with Crippen LogP contribution in [0.15, 0.2) is 47.1 Å². The van der Waals surface area contributed by atoms with Crippen LogP contribution >= 0.6 is 15.9 Å². The first-order chi connectivity index (χ1) is 13.2. The van der Waals surface area contributed by atoms with Crippen LogP contribution in [0, 0.1) is 0 Å². The third kappa shape index (κ3) is 5.43. The van der Waals surface area contributed by atoms with E-state index >= 15 is 0 Å². The summed E-state index contributed by atoms with van der Waals surface area (Å²) in [4.78, 5) is 20.8. The Bertz CT molecular complexity index is 749. The van der Waals surface area contributed by atoms with E-state index in [1.54, 1.807) is 12.0 Å². The van der Waals surface area contributed by atoms with Gasteiger partial charge in [0.2, 0.25) is 0 Å². The zero-order valence-electron chi connectivity index (χ0n) is 15.4. The maximum Gasteiger partial charge on any atom is 0.410 e. The van der Waals surface area contributed by atoms with E-state index in [4.69, 9.17) is 9.47 Å². The molecule has 0 unspecified atom stereocenters. The molecule has 1 aliphatic rings. The minimum Gasteiger partial charge on any atom is -0.445 e. The van der Waals surface area contributed by atoms with Gasteiger partial charge in [-0.25, -0.2) is 4.79 Å². The number of nitrogens with zero attached hydrogens (tertiary/aromatic N) is 3. The first kappa shape index (κ1) is 19.6. The molecular formula is C20H24BrN3O3. The molecule has 6 nitrogen and oxygen atoms in total. The predicted octanol–water partition coefficient (Wildman–Crippen LogP) is 3.49. The van der Waals surface area contributed by atoms with E-state index in [0.717, 1.165) is 40.9 Å². The fraction of sp³-hybridized carbons (Fsp3) is 0.400. The number of hydrogen-bond acceptors (Lipinski definition) is 5. The number of methoxy groups -OCH3 is 1. The molecule has 1 aromatic heterocycles. The van der Waals surface area contributed by atoms with Crippen molar-refractivity contribution in [2.75, 3.05) is 44.8 Å². The molecule has 0 N–H and O–H groups in total. The summed E-state index contributed by atoms with van der Waals surface area (Å²) < 4.78 is 11.5. The normalized spacial score (nSPS) is 14.3. The lowest BCUT2D eigenvalue weighted by Crippen LogP contribution is -2.49. The maximum absolute atomic E-state index is 12.3. The van der Waals surface area contributed by atoms with Gasteiger partial charge in [0.05, 0.1) is 24.2 Å². The Hall–Kier alpha value is -2.12. The first-order valence-electron chi connectivity index (χ1n) is 9.01. The molecule has 1 aromatic carbocycles. The van der Waals surface area contributed by atoms with Crippen LogP contribution in [-0.2, 0) is 22.5 Å². The van der Waals surface area contributed by atoms with E-state index in [-0.39, 0.29) is 6.09 Å². The van der Waals surface area contributed by atoms with Crippen LogP contribution in [0.4, 0.5) is 10.5 Å². The van der Waals surface area contributed by atoms with E-state index in [2.05, 4.69) is 31.9 Å². The molecule has 1 saturated heterocycles. The number of aromatic nitrogens is 1. The SMILES string of the molecule is COCCc1ncc(N2CCN(C(=O)OCc3ccccc3)CC2)cc1Br. The monoisotopic (exact) mass is 433 g/mol. The second-order valence-electron chi connectivity index (χ2n) is 6.38. The second-order valence-corrected chi connectivity index (χ2v) is 7.23. The standard InChI is InChI=1S/C20H24BrN3O3/c1-26-12-7-19-18(21)13-17(14-22-19)23-8-10-24(11-9-23)20(25)27-15-16-5-3-2-4-6-16/h2-6,13-14H,7-12,15H2,1H3. The molecule has 2 heterocycles. The van der Waals surface area contributed by atoms with E-state index in [0.29, 0.717) is 26.3 Å². The summed E-state index contributed by atoms with van der Waals surface area (Å²) in [7, 11) is 1.69. The van der Waals surface area contributed by atoms with Crippen molar-refractivity contribution in [3.05, 3.63) is 58.3 Å². The summed E-state index contributed by atoms with van der Waals surface area (Å²) >= 11 is 3.59. The topological polar surface area (TPSA) is 54.9 Å². The Labute approximate surface area is 168 Å². The second kappa shape index (κ2) is 9.71. The minimum absolute atomic E-state index is 0.257. The number of piperazine rings is 1. The van der Waals surface area contributed by atoms with Crippen molar-refractivity contribution in [1.29, 1.82) is 0 Å². The highest BCUT2D eigenvalue weighted by molar-refractivity contribution is 9.10. The van der Waals surface area contributed by atoms with Crippen molar-refractivity contribution >= 4 is 27.7 Å². The van der Waals surface area contributed by atoms with Crippen LogP contribution < -0.4 is 4.90 Å². The maximum atomic E-state index is 12.3. The summed E-state index contributed by atoms with van der Waals surface area (Å²) in [5, 5.41) is 0. The van der Waals surface area contributed by atoms with Gasteiger partial charge in [0.15, 0.2) is 0 Å². The number of pyridine rings is 1. The molecule has 0 atom stereocenters. The predicted molar refractivity (Wildman–Crippen MR) is 108 cm³/mol. The number of anilines is 1. The molecule has 7 heteroatoms. The molecule has 1 aliphatic heterocycles. The molecule has 27 heavy (non-hydrogen) atoms. The highest BCUT2D eigenvalue weighted by atomic mass is 79.9. The zero-order valence-corrected chi connectivity index (χ0v) is 17.0. The largest absolute Gasteiger partial charge is 0.445 e. The molecular weight excluding hydrogens is 410 g/mol. The minimum atomic E-state index is -0.257. The molecule has 1 amide bonds. The van der Waals surface area contributed by atoms with Gasteiger partial charge in [-0.05, 0) is 27.6 Å². The number of ether oxygens (including phenoxy) is 2. The molecule has 0 radical (unpaired) electrons. The third-order valence-electron chi connectivity index (χ3n) is 4.55. The number of halogens is 1. The average Bonchev–Trinajstić information content (AvgIpc) is 2.72. The van der Waals surface area contributed by atoms with Gasteiger partial charge in [-0.1, -0.05) is 30.3 Å². The van der Waals surface area contributed by atoms with Crippen molar-refractivity contribution in [2.45, 2.75) is 13.0 Å². The summed E-state index contributed by atoms with van der Waals surface area (Å²) in [5.74, 6) is 0. The summed E-state index contributed by atoms with van der Waals surface area (Å²) in [5.41, 5.74) is 3.04. The number of benzene rings is 1. The molecule has 0 saturated carbocycles. The zero-order chi connectivity index (χ0) is 19.1. The van der Waals surface area contributed by atoms with Gasteiger partial charge in [0.1, 0.15) is 6.61 Å². The smallest absolute Gasteiger partial charge is 0.410 e. The van der Waals surface area contributed by atoms with Crippen LogP contribution in [0.5, 0.6) is 0 Å². The van der Waals surface area contributed by atoms with Crippen molar-refractivity contribution in [3.63, 3.8) is 0 Å². The Morgan fingerprint density at radius 2 is 1.93 bits per heavy atom. The van der Waals surface area contributed by atoms with Crippen molar-refractivity contribution < 1.29 is 14.3 Å². The van der Waals surface area contributed by atoms with Gasteiger partial charge >= 0.3 is 6.09 Å². The molecule has 144 valence electrons. The van der Waals surface area contributed by atoms with E-state index in [9.17, 15) is 4.79 Å². The third-order valence-corrected chi connectivity index (χ3v) is 5.24. The van der Waals surface area contributed by atoms with Crippen LogP contribution in [0.2, 0.25) is 0 Å². The first-order valence-corrected chi connectivity index (χ1v) is 9.80. The lowest BCUT2D eigenvalue weighted by molar-refractivity contribution is 0.0942. The number of hydrogen-bond donors (Lipinski definition) is 0. The van der Waals surface area contributed by atoms with E-state index in [1.165, 1.54) is 0 Å². The van der Waals surface area contributed by atoms with Crippen LogP contribution in [0.25, 0.3) is 0 Å². The van der Waals surface area contributed by atoms with E-state index in [1.807, 2.05) is 36.5 Å². The molecule has 2 aromatic rings. The fourth-order valence-corrected chi connectivity index (χ4v) is 3.50. The summed E-state index contributed by atoms with van der Waals surface area (Å²) in [6.07, 6.45) is 2.41. The highest BCUT2D eigenvalue weighted by Gasteiger charge is 2.23. The number of carbonyl (C=O) groups is 1. The summed E-state index contributed by atoms with van der Waals surface area (Å²) in [6.45, 7) is 3.74. The fourth-order valence-electron chi connectivity index (χ4n) is 2.97. The van der Waals surface area contributed by atoms with Crippen LogP contribution in [0.3, 0.4) is 0 Å². The Kier molecular flexibility index (Phi) is 7.06. The Morgan fingerprint density at radius 3 is 2.59 bits per heavy atom. The molecule has 0 spiro atoms. The quantitative estimate of drug-likeness (QED) is 0.697. The van der Waals surface area contributed by atoms with Gasteiger partial charge in [-0.15, -0.1) is 0 Å². The average molecular weight is 434 g/mol. The van der Waals surface area contributed by atoms with Gasteiger partial charge in [-0.3, -0.25) is 4.98 Å². The molecule has 0 aliphatic carbocycles. The number of amides is 1. The number of carbonyl (C=O) groups excluding carboxylic acids is 1. The molecule has 1 fully saturated rings. The Morgan fingerprint density at radius 1 is 1.19 bits per heavy atom. The van der Waals surface area contributed by atoms with Gasteiger partial charge in [-0.2, -0.15) is 0 Å². The van der Waals surface area contributed by atoms with Crippen molar-refractivity contribution in [3.8, 4) is 0 Å². The lowest BCUT2D eigenvalue weighted by Gasteiger charge is -2.35. The van der Waals surface area contributed by atoms with Crippen LogP contribution in [-0.4, -0.2) is 55.9 Å². The van der Waals surface area contributed by atoms with Gasteiger partial charge in [0, 0.05) is 44.2 Å². The molecule has 3 rings (SSSR count). The van der Waals surface area contributed by atoms with Crippen LogP contribution in [0.1, 0.15) is 11.3 Å².